The lowest BCUT2D eigenvalue weighted by molar-refractivity contribution is -0.124. The molecular formula is C17H17NO4S. The predicted octanol–water partition coefficient (Wildman–Crippen LogP) is 2.49. The van der Waals surface area contributed by atoms with E-state index in [9.17, 15) is 13.2 Å². The molecule has 2 aromatic carbocycles. The number of hydroxylamine groups is 1. The molecule has 0 atom stereocenters. The molecule has 2 rings (SSSR count). The highest BCUT2D eigenvalue weighted by atomic mass is 32.2. The lowest BCUT2D eigenvalue weighted by atomic mass is 10.2. The van der Waals surface area contributed by atoms with E-state index in [0.717, 1.165) is 17.2 Å². The summed E-state index contributed by atoms with van der Waals surface area (Å²) in [5, 5.41) is 8.39. The van der Waals surface area contributed by atoms with Crippen molar-refractivity contribution in [1.29, 1.82) is 0 Å². The average molecular weight is 331 g/mol. The van der Waals surface area contributed by atoms with Gasteiger partial charge >= 0.3 is 0 Å². The first kappa shape index (κ1) is 16.9. The lowest BCUT2D eigenvalue weighted by Crippen LogP contribution is -2.14. The van der Waals surface area contributed by atoms with Gasteiger partial charge < -0.3 is 0 Å². The molecule has 2 N–H and O–H groups in total. The first-order valence-electron chi connectivity index (χ1n) is 6.91. The van der Waals surface area contributed by atoms with E-state index in [1.54, 1.807) is 24.3 Å². The van der Waals surface area contributed by atoms with Gasteiger partial charge in [-0.2, -0.15) is 0 Å². The van der Waals surface area contributed by atoms with Crippen molar-refractivity contribution >= 4 is 21.8 Å². The van der Waals surface area contributed by atoms with Crippen molar-refractivity contribution in [2.24, 2.45) is 0 Å². The van der Waals surface area contributed by atoms with Gasteiger partial charge in [-0.1, -0.05) is 42.0 Å². The topological polar surface area (TPSA) is 83.5 Å². The standard InChI is InChI=1S/C17H17NO4S/c1-13-2-4-15(5-3-13)12-23(21,22)16-9-6-14(7-10-16)8-11-17(19)18-20/h2-11,20H,12H2,1H3,(H,18,19)/b11-8+. The zero-order chi connectivity index (χ0) is 16.9. The first-order valence-corrected chi connectivity index (χ1v) is 8.56. The molecular weight excluding hydrogens is 314 g/mol. The van der Waals surface area contributed by atoms with Crippen LogP contribution < -0.4 is 5.48 Å². The number of amides is 1. The number of rotatable bonds is 5. The Morgan fingerprint density at radius 1 is 1.09 bits per heavy atom. The maximum atomic E-state index is 12.4. The third kappa shape index (κ3) is 4.77. The minimum absolute atomic E-state index is 0.0601. The van der Waals surface area contributed by atoms with Gasteiger partial charge in [-0.15, -0.1) is 0 Å². The molecule has 0 heterocycles. The van der Waals surface area contributed by atoms with E-state index in [1.165, 1.54) is 23.7 Å². The van der Waals surface area contributed by atoms with Crippen molar-refractivity contribution in [3.8, 4) is 0 Å². The zero-order valence-corrected chi connectivity index (χ0v) is 13.4. The predicted molar refractivity (Wildman–Crippen MR) is 87.5 cm³/mol. The second-order valence-corrected chi connectivity index (χ2v) is 7.11. The molecule has 0 saturated heterocycles. The number of sulfone groups is 1. The quantitative estimate of drug-likeness (QED) is 0.501. The molecule has 2 aromatic rings. The summed E-state index contributed by atoms with van der Waals surface area (Å²) in [6.45, 7) is 1.95. The number of carbonyl (C=O) groups is 1. The van der Waals surface area contributed by atoms with Gasteiger partial charge in [0.05, 0.1) is 10.6 Å². The van der Waals surface area contributed by atoms with E-state index in [-0.39, 0.29) is 10.6 Å². The van der Waals surface area contributed by atoms with E-state index in [2.05, 4.69) is 0 Å². The van der Waals surface area contributed by atoms with E-state index < -0.39 is 15.7 Å². The maximum absolute atomic E-state index is 12.4. The van der Waals surface area contributed by atoms with Gasteiger partial charge in [0.15, 0.2) is 9.84 Å². The average Bonchev–Trinajstić information content (AvgIpc) is 2.55. The van der Waals surface area contributed by atoms with Gasteiger partial charge in [0.1, 0.15) is 0 Å². The highest BCUT2D eigenvalue weighted by molar-refractivity contribution is 7.90. The molecule has 0 aliphatic heterocycles. The molecule has 23 heavy (non-hydrogen) atoms. The zero-order valence-electron chi connectivity index (χ0n) is 12.6. The normalized spacial score (nSPS) is 11.6. The molecule has 0 spiro atoms. The summed E-state index contributed by atoms with van der Waals surface area (Å²) in [7, 11) is -3.42. The van der Waals surface area contributed by atoms with Crippen LogP contribution in [0.3, 0.4) is 0 Å². The molecule has 0 aromatic heterocycles. The molecule has 0 aliphatic rings. The third-order valence-corrected chi connectivity index (χ3v) is 4.96. The summed E-state index contributed by atoms with van der Waals surface area (Å²) in [6.07, 6.45) is 2.62. The van der Waals surface area contributed by atoms with E-state index in [4.69, 9.17) is 5.21 Å². The molecule has 0 bridgehead atoms. The smallest absolute Gasteiger partial charge is 0.267 e. The SMILES string of the molecule is Cc1ccc(CS(=O)(=O)c2ccc(/C=C/C(=O)NO)cc2)cc1. The Labute approximate surface area is 135 Å². The van der Waals surface area contributed by atoms with Gasteiger partial charge in [0.25, 0.3) is 5.91 Å². The van der Waals surface area contributed by atoms with Crippen LogP contribution in [0.2, 0.25) is 0 Å². The molecule has 6 heteroatoms. The highest BCUT2D eigenvalue weighted by Crippen LogP contribution is 2.18. The van der Waals surface area contributed by atoms with Crippen LogP contribution in [0.15, 0.2) is 59.5 Å². The van der Waals surface area contributed by atoms with Crippen molar-refractivity contribution in [2.45, 2.75) is 17.6 Å². The number of benzene rings is 2. The van der Waals surface area contributed by atoms with Crippen molar-refractivity contribution in [2.75, 3.05) is 0 Å². The van der Waals surface area contributed by atoms with Gasteiger partial charge in [-0.25, -0.2) is 13.9 Å². The Kier molecular flexibility index (Phi) is 5.31. The molecule has 120 valence electrons. The van der Waals surface area contributed by atoms with Crippen molar-refractivity contribution in [3.63, 3.8) is 0 Å². The van der Waals surface area contributed by atoms with Gasteiger partial charge in [-0.05, 0) is 36.3 Å². The van der Waals surface area contributed by atoms with Crippen LogP contribution >= 0.6 is 0 Å². The number of hydrogen-bond donors (Lipinski definition) is 2. The minimum atomic E-state index is -3.42. The monoisotopic (exact) mass is 331 g/mol. The molecule has 1 amide bonds. The highest BCUT2D eigenvalue weighted by Gasteiger charge is 2.14. The van der Waals surface area contributed by atoms with Crippen LogP contribution in [-0.4, -0.2) is 19.5 Å². The van der Waals surface area contributed by atoms with Crippen LogP contribution in [0.25, 0.3) is 6.08 Å². The largest absolute Gasteiger partial charge is 0.288 e. The first-order chi connectivity index (χ1) is 10.9. The molecule has 0 unspecified atom stereocenters. The van der Waals surface area contributed by atoms with Crippen molar-refractivity contribution in [1.82, 2.24) is 5.48 Å². The number of nitrogens with one attached hydrogen (secondary N) is 1. The van der Waals surface area contributed by atoms with Crippen molar-refractivity contribution in [3.05, 3.63) is 71.3 Å². The van der Waals surface area contributed by atoms with Gasteiger partial charge in [-0.3, -0.25) is 10.0 Å². The Morgan fingerprint density at radius 2 is 1.70 bits per heavy atom. The Balaban J connectivity index is 2.15. The fourth-order valence-corrected chi connectivity index (χ4v) is 3.33. The Morgan fingerprint density at radius 3 is 2.26 bits per heavy atom. The molecule has 0 fully saturated rings. The lowest BCUT2D eigenvalue weighted by Gasteiger charge is -2.06. The summed E-state index contributed by atoms with van der Waals surface area (Å²) in [6, 6.07) is 13.6. The fraction of sp³-hybridized carbons (Fsp3) is 0.118. The number of carbonyl (C=O) groups excluding carboxylic acids is 1. The number of hydrogen-bond acceptors (Lipinski definition) is 4. The van der Waals surface area contributed by atoms with Crippen LogP contribution in [0.4, 0.5) is 0 Å². The molecule has 0 radical (unpaired) electrons. The summed E-state index contributed by atoms with van der Waals surface area (Å²) in [5.41, 5.74) is 3.95. The minimum Gasteiger partial charge on any atom is -0.288 e. The van der Waals surface area contributed by atoms with E-state index >= 15 is 0 Å². The summed E-state index contributed by atoms with van der Waals surface area (Å²) in [5.74, 6) is -0.712. The Hall–Kier alpha value is -2.44. The number of aryl methyl sites for hydroxylation is 1. The van der Waals surface area contributed by atoms with Crippen LogP contribution in [0.5, 0.6) is 0 Å². The molecule has 0 aliphatic carbocycles. The third-order valence-electron chi connectivity index (χ3n) is 3.25. The Bertz CT molecular complexity index is 807. The molecule has 0 saturated carbocycles. The second-order valence-electron chi connectivity index (χ2n) is 5.12. The van der Waals surface area contributed by atoms with Gasteiger partial charge in [0, 0.05) is 6.08 Å². The summed E-state index contributed by atoms with van der Waals surface area (Å²) < 4.78 is 24.8. The van der Waals surface area contributed by atoms with Crippen LogP contribution in [-0.2, 0) is 20.4 Å². The van der Waals surface area contributed by atoms with Crippen molar-refractivity contribution < 1.29 is 18.4 Å². The maximum Gasteiger partial charge on any atom is 0.267 e. The van der Waals surface area contributed by atoms with E-state index in [1.807, 2.05) is 19.1 Å². The summed E-state index contributed by atoms with van der Waals surface area (Å²) >= 11 is 0. The summed E-state index contributed by atoms with van der Waals surface area (Å²) in [4.78, 5) is 11.1. The van der Waals surface area contributed by atoms with Gasteiger partial charge in [0.2, 0.25) is 0 Å². The fourth-order valence-electron chi connectivity index (χ4n) is 1.98. The molecule has 5 nitrogen and oxygen atoms in total. The van der Waals surface area contributed by atoms with E-state index in [0.29, 0.717) is 5.56 Å². The van der Waals surface area contributed by atoms with Crippen LogP contribution in [0, 0.1) is 6.92 Å². The second kappa shape index (κ2) is 7.21. The van der Waals surface area contributed by atoms with Crippen LogP contribution in [0.1, 0.15) is 16.7 Å².